The van der Waals surface area contributed by atoms with Gasteiger partial charge in [-0.2, -0.15) is 5.11 Å². The van der Waals surface area contributed by atoms with Crippen molar-refractivity contribution in [1.29, 1.82) is 0 Å². The highest BCUT2D eigenvalue weighted by atomic mass is 16.1. The van der Waals surface area contributed by atoms with Crippen molar-refractivity contribution in [3.05, 3.63) is 106 Å². The number of anilines is 1. The second-order valence-electron chi connectivity index (χ2n) is 13.5. The average molecular weight is 687 g/mol. The number of carbonyl (C=O) groups excluding carboxylic acids is 1. The lowest BCUT2D eigenvalue weighted by atomic mass is 10.0. The number of nitrogens with zero attached hydrogens (tertiary/aromatic N) is 8. The average Bonchev–Trinajstić information content (AvgIpc) is 3.75. The van der Waals surface area contributed by atoms with Crippen molar-refractivity contribution in [2.75, 3.05) is 57.7 Å². The van der Waals surface area contributed by atoms with Crippen molar-refractivity contribution < 1.29 is 4.79 Å². The Labute approximate surface area is 297 Å². The first kappa shape index (κ1) is 34.3. The number of pyridine rings is 1. The number of allylic oxidation sites excluding steroid dienone is 5. The molecule has 2 N–H and O–H groups in total. The second-order valence-corrected chi connectivity index (χ2v) is 13.5. The predicted molar refractivity (Wildman–Crippen MR) is 203 cm³/mol. The van der Waals surface area contributed by atoms with E-state index in [1.165, 1.54) is 0 Å². The maximum atomic E-state index is 13.5. The third kappa shape index (κ3) is 7.06. The zero-order chi connectivity index (χ0) is 35.3. The van der Waals surface area contributed by atoms with Crippen LogP contribution in [0.2, 0.25) is 0 Å². The van der Waals surface area contributed by atoms with Crippen LogP contribution in [0, 0.1) is 0 Å². The van der Waals surface area contributed by atoms with E-state index in [4.69, 9.17) is 0 Å². The van der Waals surface area contributed by atoms with E-state index in [0.717, 1.165) is 110 Å². The molecule has 0 saturated carbocycles. The summed E-state index contributed by atoms with van der Waals surface area (Å²) in [6.07, 6.45) is 12.8. The van der Waals surface area contributed by atoms with E-state index >= 15 is 0 Å². The monoisotopic (exact) mass is 686 g/mol. The van der Waals surface area contributed by atoms with Gasteiger partial charge >= 0.3 is 0 Å². The standard InChI is InChI=1S/C39H46N10O2/c1-4-5-13-33-27(2)26-35(50)28(3)37-31(42-44-48(33)37)12-8-17-40-18-9-20-46-22-24-47(25-23-46)21-10-19-41-30-15-16-32-38-36(30)39(51)29-11-6-7-14-34(29)49(38)45-43-32/h4-8,11,13-17,31,40-41H,1,9-10,12,18-26H2,2-3H3/b13-5-,17-8+. The summed E-state index contributed by atoms with van der Waals surface area (Å²) in [6, 6.07) is 11.3. The van der Waals surface area contributed by atoms with Gasteiger partial charge in [0.05, 0.1) is 22.3 Å². The Hall–Kier alpha value is -5.20. The minimum Gasteiger partial charge on any atom is -0.391 e. The van der Waals surface area contributed by atoms with Crippen LogP contribution in [0.3, 0.4) is 0 Å². The number of rotatable bonds is 14. The van der Waals surface area contributed by atoms with Crippen LogP contribution in [0.4, 0.5) is 5.69 Å². The summed E-state index contributed by atoms with van der Waals surface area (Å²) in [5.41, 5.74) is 6.63. The van der Waals surface area contributed by atoms with Crippen LogP contribution < -0.4 is 16.1 Å². The second kappa shape index (κ2) is 15.4. The molecule has 7 rings (SSSR count). The predicted octanol–water partition coefficient (Wildman–Crippen LogP) is 5.45. The maximum absolute atomic E-state index is 13.5. The summed E-state index contributed by atoms with van der Waals surface area (Å²) in [4.78, 5) is 31.4. The summed E-state index contributed by atoms with van der Waals surface area (Å²) in [5.74, 6) is 0.123. The molecular formula is C39H46N10O2. The fourth-order valence-corrected chi connectivity index (χ4v) is 7.34. The van der Waals surface area contributed by atoms with Crippen molar-refractivity contribution in [2.45, 2.75) is 45.6 Å². The normalized spacial score (nSPS) is 19.1. The first-order chi connectivity index (χ1) is 24.9. The van der Waals surface area contributed by atoms with Gasteiger partial charge in [0.2, 0.25) is 0 Å². The number of benzene rings is 2. The largest absolute Gasteiger partial charge is 0.391 e. The Kier molecular flexibility index (Phi) is 10.3. The van der Waals surface area contributed by atoms with Gasteiger partial charge in [-0.3, -0.25) is 9.59 Å². The van der Waals surface area contributed by atoms with E-state index in [1.807, 2.05) is 73.6 Å². The number of ketones is 1. The maximum Gasteiger partial charge on any atom is 0.199 e. The molecule has 264 valence electrons. The van der Waals surface area contributed by atoms with Crippen molar-refractivity contribution in [2.24, 2.45) is 10.3 Å². The summed E-state index contributed by atoms with van der Waals surface area (Å²) in [6.45, 7) is 15.7. The van der Waals surface area contributed by atoms with Gasteiger partial charge in [0.25, 0.3) is 0 Å². The highest BCUT2D eigenvalue weighted by Crippen LogP contribution is 2.36. The molecule has 0 bridgehead atoms. The first-order valence-electron chi connectivity index (χ1n) is 18.0. The molecule has 1 atom stereocenters. The summed E-state index contributed by atoms with van der Waals surface area (Å²) < 4.78 is 1.79. The van der Waals surface area contributed by atoms with Crippen LogP contribution in [-0.2, 0) is 4.79 Å². The van der Waals surface area contributed by atoms with Crippen molar-refractivity contribution in [1.82, 2.24) is 35.0 Å². The van der Waals surface area contributed by atoms with Gasteiger partial charge < -0.3 is 20.4 Å². The van der Waals surface area contributed by atoms with E-state index in [9.17, 15) is 9.59 Å². The molecule has 0 spiro atoms. The van der Waals surface area contributed by atoms with Gasteiger partial charge in [-0.1, -0.05) is 47.4 Å². The zero-order valence-electron chi connectivity index (χ0n) is 29.5. The summed E-state index contributed by atoms with van der Waals surface area (Å²) in [7, 11) is 0. The number of nitrogens with one attached hydrogen (secondary N) is 2. The first-order valence-corrected chi connectivity index (χ1v) is 18.0. The molecule has 1 fully saturated rings. The SMILES string of the molecule is C=C/C=C\C1=C(C)CC(=O)C(C)=C2C(C/C=C/NCCCN3CCN(CCCNc4ccc5nnn6c7ccccc7c(=O)c4c56)CC3)N=NN12. The Morgan fingerprint density at radius 1 is 0.980 bits per heavy atom. The van der Waals surface area contributed by atoms with E-state index in [0.29, 0.717) is 23.6 Å². The number of Topliss-reactive ketones (excluding diaryl/α,β-unsaturated/α-hetero) is 1. The lowest BCUT2D eigenvalue weighted by Crippen LogP contribution is -2.47. The van der Waals surface area contributed by atoms with E-state index in [2.05, 4.69) is 53.7 Å². The third-order valence-corrected chi connectivity index (χ3v) is 10.1. The quantitative estimate of drug-likeness (QED) is 0.101. The fourth-order valence-electron chi connectivity index (χ4n) is 7.34. The molecule has 12 nitrogen and oxygen atoms in total. The van der Waals surface area contributed by atoms with Crippen LogP contribution >= 0.6 is 0 Å². The zero-order valence-corrected chi connectivity index (χ0v) is 29.5. The van der Waals surface area contributed by atoms with Crippen molar-refractivity contribution in [3.63, 3.8) is 0 Å². The lowest BCUT2D eigenvalue weighted by Gasteiger charge is -2.34. The van der Waals surface area contributed by atoms with E-state index in [-0.39, 0.29) is 17.3 Å². The summed E-state index contributed by atoms with van der Waals surface area (Å²) >= 11 is 0. The molecule has 51 heavy (non-hydrogen) atoms. The van der Waals surface area contributed by atoms with E-state index in [1.54, 1.807) is 10.6 Å². The number of carbonyl (C=O) groups is 1. The Morgan fingerprint density at radius 3 is 2.53 bits per heavy atom. The molecule has 5 heterocycles. The van der Waals surface area contributed by atoms with Crippen LogP contribution in [0.1, 0.15) is 39.5 Å². The van der Waals surface area contributed by atoms with Crippen molar-refractivity contribution in [3.8, 4) is 0 Å². The smallest absolute Gasteiger partial charge is 0.199 e. The highest BCUT2D eigenvalue weighted by Gasteiger charge is 2.34. The molecule has 1 saturated heterocycles. The van der Waals surface area contributed by atoms with Crippen molar-refractivity contribution >= 4 is 38.8 Å². The molecule has 0 amide bonds. The third-order valence-electron chi connectivity index (χ3n) is 10.1. The molecule has 2 aromatic carbocycles. The lowest BCUT2D eigenvalue weighted by molar-refractivity contribution is -0.115. The molecule has 0 radical (unpaired) electrons. The van der Waals surface area contributed by atoms with Gasteiger partial charge in [0.1, 0.15) is 17.1 Å². The number of hydrogen-bond donors (Lipinski definition) is 2. The number of aromatic nitrogens is 3. The van der Waals surface area contributed by atoms with Crippen LogP contribution in [0.25, 0.3) is 27.3 Å². The van der Waals surface area contributed by atoms with Gasteiger partial charge in [-0.25, -0.2) is 9.52 Å². The van der Waals surface area contributed by atoms with Crippen LogP contribution in [0.15, 0.2) is 111 Å². The fraction of sp³-hybridized carbons (Fsp3) is 0.385. The molecular weight excluding hydrogens is 640 g/mol. The highest BCUT2D eigenvalue weighted by molar-refractivity contribution is 6.06. The molecule has 3 aliphatic rings. The van der Waals surface area contributed by atoms with E-state index < -0.39 is 0 Å². The number of fused-ring (bicyclic) bond motifs is 3. The topological polar surface area (TPSA) is 123 Å². The summed E-state index contributed by atoms with van der Waals surface area (Å²) in [5, 5.41) is 27.7. The van der Waals surface area contributed by atoms with Crippen LogP contribution in [0.5, 0.6) is 0 Å². The Bertz CT molecular complexity index is 2140. The van der Waals surface area contributed by atoms with Gasteiger partial charge in [0, 0.05) is 62.3 Å². The molecule has 0 aliphatic carbocycles. The number of para-hydroxylation sites is 1. The Balaban J connectivity index is 0.809. The number of hydrogen-bond acceptors (Lipinski definition) is 11. The van der Waals surface area contributed by atoms with Gasteiger partial charge in [-0.05, 0) is 88.3 Å². The van der Waals surface area contributed by atoms with Crippen LogP contribution in [-0.4, -0.2) is 93.8 Å². The molecule has 2 aromatic heterocycles. The minimum atomic E-state index is -0.176. The molecule has 12 heteroatoms. The number of piperazine rings is 1. The minimum absolute atomic E-state index is 0.0181. The van der Waals surface area contributed by atoms with Gasteiger partial charge in [-0.15, -0.1) is 5.10 Å². The molecule has 1 unspecified atom stereocenters. The Morgan fingerprint density at radius 2 is 1.75 bits per heavy atom. The molecule has 4 aromatic rings. The molecule has 3 aliphatic heterocycles. The van der Waals surface area contributed by atoms with Gasteiger partial charge in [0.15, 0.2) is 11.2 Å².